The Morgan fingerprint density at radius 2 is 2.19 bits per heavy atom. The molecular formula is C17H28N2O2. The fourth-order valence-electron chi connectivity index (χ4n) is 2.85. The van der Waals surface area contributed by atoms with Crippen LogP contribution < -0.4 is 14.8 Å². The van der Waals surface area contributed by atoms with Crippen LogP contribution in [0.2, 0.25) is 0 Å². The molecule has 1 aromatic rings. The van der Waals surface area contributed by atoms with Crippen molar-refractivity contribution < 1.29 is 9.47 Å². The number of ether oxygens (including phenoxy) is 2. The van der Waals surface area contributed by atoms with Crippen LogP contribution in [-0.2, 0) is 0 Å². The van der Waals surface area contributed by atoms with Gasteiger partial charge in [0.25, 0.3) is 0 Å². The Kier molecular flexibility index (Phi) is 6.33. The van der Waals surface area contributed by atoms with Crippen molar-refractivity contribution in [3.8, 4) is 11.5 Å². The first-order chi connectivity index (χ1) is 10.3. The molecule has 1 aliphatic rings. The SMILES string of the molecule is CCCN(CC)CCNC1CCOc2ccc(OC)cc21. The van der Waals surface area contributed by atoms with Crippen LogP contribution in [0.1, 0.15) is 38.3 Å². The number of hydrogen-bond acceptors (Lipinski definition) is 4. The number of likely N-dealkylation sites (N-methyl/N-ethyl adjacent to an activating group) is 1. The Morgan fingerprint density at radius 1 is 1.33 bits per heavy atom. The summed E-state index contributed by atoms with van der Waals surface area (Å²) in [7, 11) is 1.71. The Balaban J connectivity index is 1.93. The van der Waals surface area contributed by atoms with Gasteiger partial charge in [0.15, 0.2) is 0 Å². The maximum absolute atomic E-state index is 5.73. The molecule has 4 nitrogen and oxygen atoms in total. The number of fused-ring (bicyclic) bond motifs is 1. The molecule has 0 fully saturated rings. The molecule has 1 aromatic carbocycles. The highest BCUT2D eigenvalue weighted by atomic mass is 16.5. The Morgan fingerprint density at radius 3 is 2.90 bits per heavy atom. The minimum atomic E-state index is 0.365. The number of hydrogen-bond donors (Lipinski definition) is 1. The van der Waals surface area contributed by atoms with Gasteiger partial charge < -0.3 is 19.7 Å². The maximum atomic E-state index is 5.73. The van der Waals surface area contributed by atoms with E-state index >= 15 is 0 Å². The lowest BCUT2D eigenvalue weighted by atomic mass is 10.00. The average Bonchev–Trinajstić information content (AvgIpc) is 2.53. The zero-order valence-electron chi connectivity index (χ0n) is 13.5. The Bertz CT molecular complexity index is 437. The smallest absolute Gasteiger partial charge is 0.124 e. The van der Waals surface area contributed by atoms with Gasteiger partial charge in [-0.25, -0.2) is 0 Å². The number of benzene rings is 1. The predicted molar refractivity (Wildman–Crippen MR) is 86.3 cm³/mol. The molecule has 1 aliphatic heterocycles. The van der Waals surface area contributed by atoms with Gasteiger partial charge in [-0.15, -0.1) is 0 Å². The molecule has 0 radical (unpaired) electrons. The summed E-state index contributed by atoms with van der Waals surface area (Å²) in [5.74, 6) is 1.88. The highest BCUT2D eigenvalue weighted by Crippen LogP contribution is 2.34. The second-order valence-electron chi connectivity index (χ2n) is 5.48. The van der Waals surface area contributed by atoms with Crippen molar-refractivity contribution in [3.05, 3.63) is 23.8 Å². The van der Waals surface area contributed by atoms with Gasteiger partial charge in [-0.05, 0) is 37.7 Å². The van der Waals surface area contributed by atoms with Crippen molar-refractivity contribution in [2.45, 2.75) is 32.7 Å². The third kappa shape index (κ3) is 4.35. The first-order valence-corrected chi connectivity index (χ1v) is 8.05. The molecule has 0 spiro atoms. The zero-order valence-corrected chi connectivity index (χ0v) is 13.5. The van der Waals surface area contributed by atoms with Crippen molar-refractivity contribution in [3.63, 3.8) is 0 Å². The van der Waals surface area contributed by atoms with Gasteiger partial charge in [-0.3, -0.25) is 0 Å². The van der Waals surface area contributed by atoms with Gasteiger partial charge in [0.1, 0.15) is 11.5 Å². The lowest BCUT2D eigenvalue weighted by molar-refractivity contribution is 0.240. The molecule has 2 rings (SSSR count). The van der Waals surface area contributed by atoms with Crippen LogP contribution >= 0.6 is 0 Å². The third-order valence-electron chi connectivity index (χ3n) is 4.06. The van der Waals surface area contributed by atoms with Crippen molar-refractivity contribution in [2.75, 3.05) is 39.9 Å². The lowest BCUT2D eigenvalue weighted by Gasteiger charge is -2.28. The molecule has 118 valence electrons. The van der Waals surface area contributed by atoms with Crippen LogP contribution in [0.3, 0.4) is 0 Å². The minimum Gasteiger partial charge on any atom is -0.497 e. The van der Waals surface area contributed by atoms with E-state index in [0.717, 1.165) is 44.2 Å². The summed E-state index contributed by atoms with van der Waals surface area (Å²) in [6.45, 7) is 9.64. The molecule has 1 atom stereocenters. The summed E-state index contributed by atoms with van der Waals surface area (Å²) in [6.07, 6.45) is 2.23. The Hall–Kier alpha value is -1.26. The van der Waals surface area contributed by atoms with Crippen LogP contribution in [0.4, 0.5) is 0 Å². The van der Waals surface area contributed by atoms with Crippen LogP contribution in [-0.4, -0.2) is 44.8 Å². The first kappa shape index (κ1) is 16.1. The summed E-state index contributed by atoms with van der Waals surface area (Å²) in [5, 5.41) is 3.68. The monoisotopic (exact) mass is 292 g/mol. The fourth-order valence-corrected chi connectivity index (χ4v) is 2.85. The second-order valence-corrected chi connectivity index (χ2v) is 5.48. The summed E-state index contributed by atoms with van der Waals surface area (Å²) in [4.78, 5) is 2.48. The summed E-state index contributed by atoms with van der Waals surface area (Å²) in [5.41, 5.74) is 1.22. The zero-order chi connectivity index (χ0) is 15.1. The third-order valence-corrected chi connectivity index (χ3v) is 4.06. The standard InChI is InChI=1S/C17H28N2O2/c1-4-10-19(5-2)11-9-18-16-8-12-21-17-7-6-14(20-3)13-15(16)17/h6-7,13,16,18H,4-5,8-12H2,1-3H3. The van der Waals surface area contributed by atoms with Gasteiger partial charge in [0.05, 0.1) is 13.7 Å². The van der Waals surface area contributed by atoms with E-state index in [2.05, 4.69) is 30.1 Å². The molecule has 0 bridgehead atoms. The van der Waals surface area contributed by atoms with E-state index in [9.17, 15) is 0 Å². The topological polar surface area (TPSA) is 33.7 Å². The summed E-state index contributed by atoms with van der Waals surface area (Å²) in [6, 6.07) is 6.43. The van der Waals surface area contributed by atoms with Crippen molar-refractivity contribution in [2.24, 2.45) is 0 Å². The quantitative estimate of drug-likeness (QED) is 0.799. The number of nitrogens with one attached hydrogen (secondary N) is 1. The summed E-state index contributed by atoms with van der Waals surface area (Å²) < 4.78 is 11.1. The number of methoxy groups -OCH3 is 1. The highest BCUT2D eigenvalue weighted by Gasteiger charge is 2.21. The van der Waals surface area contributed by atoms with Crippen LogP contribution in [0, 0.1) is 0 Å². The van der Waals surface area contributed by atoms with Gasteiger partial charge in [0.2, 0.25) is 0 Å². The molecule has 1 heterocycles. The second kappa shape index (κ2) is 8.25. The van der Waals surface area contributed by atoms with Crippen LogP contribution in [0.25, 0.3) is 0 Å². The van der Waals surface area contributed by atoms with Crippen LogP contribution in [0.5, 0.6) is 11.5 Å². The van der Waals surface area contributed by atoms with E-state index in [1.54, 1.807) is 7.11 Å². The molecule has 1 N–H and O–H groups in total. The number of nitrogens with zero attached hydrogens (tertiary/aromatic N) is 1. The molecule has 0 aliphatic carbocycles. The Labute approximate surface area is 128 Å². The molecule has 0 aromatic heterocycles. The van der Waals surface area contributed by atoms with Gasteiger partial charge in [-0.1, -0.05) is 13.8 Å². The van der Waals surface area contributed by atoms with E-state index in [-0.39, 0.29) is 0 Å². The lowest BCUT2D eigenvalue weighted by Crippen LogP contribution is -2.35. The van der Waals surface area contributed by atoms with Gasteiger partial charge in [0, 0.05) is 31.1 Å². The van der Waals surface area contributed by atoms with Crippen molar-refractivity contribution in [1.29, 1.82) is 0 Å². The summed E-state index contributed by atoms with van der Waals surface area (Å²) >= 11 is 0. The van der Waals surface area contributed by atoms with Crippen molar-refractivity contribution >= 4 is 0 Å². The molecule has 21 heavy (non-hydrogen) atoms. The van der Waals surface area contributed by atoms with E-state index in [1.807, 2.05) is 12.1 Å². The van der Waals surface area contributed by atoms with Crippen molar-refractivity contribution in [1.82, 2.24) is 10.2 Å². The number of rotatable bonds is 8. The van der Waals surface area contributed by atoms with E-state index in [4.69, 9.17) is 9.47 Å². The highest BCUT2D eigenvalue weighted by molar-refractivity contribution is 5.43. The minimum absolute atomic E-state index is 0.365. The normalized spacial score (nSPS) is 17.4. The molecule has 0 saturated heterocycles. The van der Waals surface area contributed by atoms with E-state index < -0.39 is 0 Å². The molecule has 1 unspecified atom stereocenters. The first-order valence-electron chi connectivity index (χ1n) is 8.05. The molecule has 0 saturated carbocycles. The van der Waals surface area contributed by atoms with Gasteiger partial charge in [-0.2, -0.15) is 0 Å². The van der Waals surface area contributed by atoms with Gasteiger partial charge >= 0.3 is 0 Å². The fraction of sp³-hybridized carbons (Fsp3) is 0.647. The average molecular weight is 292 g/mol. The largest absolute Gasteiger partial charge is 0.497 e. The van der Waals surface area contributed by atoms with Crippen LogP contribution in [0.15, 0.2) is 18.2 Å². The molecule has 4 heteroatoms. The predicted octanol–water partition coefficient (Wildman–Crippen LogP) is 2.84. The molecule has 0 amide bonds. The maximum Gasteiger partial charge on any atom is 0.124 e. The molecular weight excluding hydrogens is 264 g/mol. The van der Waals surface area contributed by atoms with E-state index in [1.165, 1.54) is 18.5 Å². The van der Waals surface area contributed by atoms with E-state index in [0.29, 0.717) is 6.04 Å².